The Labute approximate surface area is 267 Å². The average molecular weight is 639 g/mol. The summed E-state index contributed by atoms with van der Waals surface area (Å²) in [4.78, 5) is 0. The topological polar surface area (TPSA) is 169 Å². The number of aliphatic hydroxyl groups excluding tert-OH is 6. The maximum absolute atomic E-state index is 12.4. The Balaban J connectivity index is 1.18. The molecule has 5 saturated carbocycles. The Morgan fingerprint density at radius 1 is 0.844 bits per heavy atom. The number of fused-ring (bicyclic) bond motifs is 2. The molecule has 258 valence electrons. The third kappa shape index (κ3) is 4.23. The summed E-state index contributed by atoms with van der Waals surface area (Å²) in [7, 11) is 0. The molecule has 0 aromatic rings. The number of aliphatic hydroxyl groups is 7. The number of hydrogen-bond acceptors (Lipinski definition) is 10. The van der Waals surface area contributed by atoms with Crippen LogP contribution in [0.2, 0.25) is 0 Å². The van der Waals surface area contributed by atoms with Gasteiger partial charge in [-0.25, -0.2) is 0 Å². The lowest BCUT2D eigenvalue weighted by atomic mass is 9.39. The van der Waals surface area contributed by atoms with Crippen LogP contribution in [0.5, 0.6) is 0 Å². The predicted octanol–water partition coefficient (Wildman–Crippen LogP) is 1.87. The molecule has 0 aromatic heterocycles. The Morgan fingerprint density at radius 3 is 2.20 bits per heavy atom. The first-order chi connectivity index (χ1) is 20.8. The maximum Gasteiger partial charge on any atom is 0.186 e. The molecule has 7 fully saturated rings. The minimum atomic E-state index is -1.31. The molecule has 0 radical (unpaired) electrons. The third-order valence-corrected chi connectivity index (χ3v) is 15.3. The Hall–Kier alpha value is -0.400. The quantitative estimate of drug-likeness (QED) is 0.221. The summed E-state index contributed by atoms with van der Waals surface area (Å²) in [5, 5.41) is 77.1. The second-order valence-corrected chi connectivity index (χ2v) is 18.3. The largest absolute Gasteiger partial charge is 0.396 e. The zero-order valence-corrected chi connectivity index (χ0v) is 28.0. The van der Waals surface area contributed by atoms with Crippen LogP contribution in [0.25, 0.3) is 0 Å². The van der Waals surface area contributed by atoms with Crippen LogP contribution >= 0.6 is 0 Å². The lowest BCUT2D eigenvalue weighted by Gasteiger charge is -2.66. The molecular weight excluding hydrogens is 580 g/mol. The van der Waals surface area contributed by atoms with Crippen LogP contribution < -0.4 is 0 Å². The van der Waals surface area contributed by atoms with E-state index in [1.807, 2.05) is 6.92 Å². The minimum Gasteiger partial charge on any atom is -0.396 e. The molecule has 7 rings (SSSR count). The highest BCUT2D eigenvalue weighted by Crippen LogP contribution is 2.90. The molecule has 16 unspecified atom stereocenters. The van der Waals surface area contributed by atoms with E-state index in [0.717, 1.165) is 32.1 Å². The summed E-state index contributed by atoms with van der Waals surface area (Å²) in [5.41, 5.74) is -3.40. The van der Waals surface area contributed by atoms with Crippen molar-refractivity contribution in [2.24, 2.45) is 44.8 Å². The molecule has 2 saturated heterocycles. The fourth-order valence-electron chi connectivity index (χ4n) is 13.3. The first-order valence-corrected chi connectivity index (χ1v) is 17.5. The summed E-state index contributed by atoms with van der Waals surface area (Å²) in [6, 6.07) is 0. The van der Waals surface area contributed by atoms with Crippen LogP contribution in [0.4, 0.5) is 0 Å². The maximum atomic E-state index is 12.4. The smallest absolute Gasteiger partial charge is 0.186 e. The van der Waals surface area contributed by atoms with Crippen LogP contribution in [0.3, 0.4) is 0 Å². The SMILES string of the molecule is CC(C)(O)C1CCC(C)(C2C(O)CC3(C)C4CC(C)(C)C5CC(OC6OCC(O)C(O)C6O)CCC56CC46CC(O)C23CO)O1. The molecule has 7 aliphatic rings. The molecule has 2 heterocycles. The van der Waals surface area contributed by atoms with Gasteiger partial charge in [-0.3, -0.25) is 0 Å². The van der Waals surface area contributed by atoms with E-state index in [9.17, 15) is 35.7 Å². The Morgan fingerprint density at radius 2 is 1.56 bits per heavy atom. The average Bonchev–Trinajstić information content (AvgIpc) is 3.23. The third-order valence-electron chi connectivity index (χ3n) is 15.3. The summed E-state index contributed by atoms with van der Waals surface area (Å²) in [6.45, 7) is 12.1. The molecule has 10 heteroatoms. The highest BCUT2D eigenvalue weighted by Gasteiger charge is 2.86. The first kappa shape index (κ1) is 33.1. The van der Waals surface area contributed by atoms with Gasteiger partial charge in [0.05, 0.1) is 48.8 Å². The van der Waals surface area contributed by atoms with Gasteiger partial charge in [0.2, 0.25) is 0 Å². The van der Waals surface area contributed by atoms with E-state index in [2.05, 4.69) is 20.8 Å². The predicted molar refractivity (Wildman–Crippen MR) is 163 cm³/mol. The fraction of sp³-hybridized carbons (Fsp3) is 1.00. The van der Waals surface area contributed by atoms with Gasteiger partial charge in [0, 0.05) is 11.3 Å². The molecule has 16 atom stereocenters. The molecular formula is C35H58O10. The molecule has 0 aromatic carbocycles. The number of hydrogen-bond donors (Lipinski definition) is 7. The normalized spacial score (nSPS) is 58.7. The second-order valence-electron chi connectivity index (χ2n) is 18.3. The summed E-state index contributed by atoms with van der Waals surface area (Å²) in [5.74, 6) is 0.0633. The monoisotopic (exact) mass is 638 g/mol. The molecule has 45 heavy (non-hydrogen) atoms. The molecule has 0 bridgehead atoms. The van der Waals surface area contributed by atoms with Gasteiger partial charge >= 0.3 is 0 Å². The summed E-state index contributed by atoms with van der Waals surface area (Å²) < 4.78 is 18.5. The van der Waals surface area contributed by atoms with Crippen molar-refractivity contribution in [3.8, 4) is 0 Å². The van der Waals surface area contributed by atoms with Gasteiger partial charge in [-0.1, -0.05) is 20.8 Å². The van der Waals surface area contributed by atoms with Gasteiger partial charge in [-0.15, -0.1) is 0 Å². The fourth-order valence-corrected chi connectivity index (χ4v) is 13.3. The van der Waals surface area contributed by atoms with E-state index in [-0.39, 0.29) is 47.6 Å². The van der Waals surface area contributed by atoms with Gasteiger partial charge in [0.25, 0.3) is 0 Å². The van der Waals surface area contributed by atoms with Crippen LogP contribution in [-0.2, 0) is 14.2 Å². The van der Waals surface area contributed by atoms with Crippen LogP contribution in [0.15, 0.2) is 0 Å². The number of ether oxygens (including phenoxy) is 3. The van der Waals surface area contributed by atoms with E-state index >= 15 is 0 Å². The van der Waals surface area contributed by atoms with Gasteiger partial charge < -0.3 is 50.0 Å². The highest BCUT2D eigenvalue weighted by molar-refractivity contribution is 5.34. The molecule has 7 N–H and O–H groups in total. The lowest BCUT2D eigenvalue weighted by Crippen LogP contribution is -2.67. The van der Waals surface area contributed by atoms with Crippen molar-refractivity contribution in [1.82, 2.24) is 0 Å². The minimum absolute atomic E-state index is 0.0232. The van der Waals surface area contributed by atoms with Gasteiger partial charge in [0.15, 0.2) is 6.29 Å². The van der Waals surface area contributed by atoms with Crippen LogP contribution in [-0.4, -0.2) is 109 Å². The molecule has 2 spiro atoms. The van der Waals surface area contributed by atoms with Crippen molar-refractivity contribution in [1.29, 1.82) is 0 Å². The van der Waals surface area contributed by atoms with E-state index in [1.165, 1.54) is 0 Å². The lowest BCUT2D eigenvalue weighted by molar-refractivity contribution is -0.291. The summed E-state index contributed by atoms with van der Waals surface area (Å²) >= 11 is 0. The zero-order valence-electron chi connectivity index (χ0n) is 28.0. The molecule has 10 nitrogen and oxygen atoms in total. The van der Waals surface area contributed by atoms with Crippen molar-refractivity contribution < 1.29 is 50.0 Å². The Kier molecular flexibility index (Phi) is 7.42. The van der Waals surface area contributed by atoms with E-state index in [1.54, 1.807) is 13.8 Å². The van der Waals surface area contributed by atoms with Gasteiger partial charge in [-0.2, -0.15) is 0 Å². The molecule has 5 aliphatic carbocycles. The first-order valence-electron chi connectivity index (χ1n) is 17.5. The van der Waals surface area contributed by atoms with E-state index < -0.39 is 64.8 Å². The Bertz CT molecular complexity index is 1170. The van der Waals surface area contributed by atoms with Crippen LogP contribution in [0, 0.1) is 44.8 Å². The van der Waals surface area contributed by atoms with Crippen molar-refractivity contribution >= 4 is 0 Å². The second kappa shape index (κ2) is 10.1. The standard InChI is InChI=1S/C35H58O10/c1-29(2)13-22-31(5)12-19(37)27(32(6)9-8-24(45-32)30(3,4)42)35(31,17-36)23(39)14-34(22)16-33(34)10-7-18(11-21(29)33)44-28-26(41)25(40)20(38)15-43-28/h18-28,36-42H,7-17H2,1-6H3. The van der Waals surface area contributed by atoms with Crippen LogP contribution in [0.1, 0.15) is 99.3 Å². The van der Waals surface area contributed by atoms with Crippen molar-refractivity contribution in [3.63, 3.8) is 0 Å². The molecule has 0 amide bonds. The zero-order chi connectivity index (χ0) is 32.8. The van der Waals surface area contributed by atoms with E-state index in [4.69, 9.17) is 14.2 Å². The van der Waals surface area contributed by atoms with Gasteiger partial charge in [0.1, 0.15) is 18.3 Å². The van der Waals surface area contributed by atoms with Gasteiger partial charge in [-0.05, 0) is 112 Å². The highest BCUT2D eigenvalue weighted by atomic mass is 16.7. The van der Waals surface area contributed by atoms with E-state index in [0.29, 0.717) is 31.6 Å². The van der Waals surface area contributed by atoms with Crippen molar-refractivity contribution in [3.05, 3.63) is 0 Å². The number of rotatable bonds is 5. The summed E-state index contributed by atoms with van der Waals surface area (Å²) in [6.07, 6.45) is -0.000973. The van der Waals surface area contributed by atoms with Crippen molar-refractivity contribution in [2.45, 2.75) is 160 Å². The molecule has 2 aliphatic heterocycles. The van der Waals surface area contributed by atoms with Crippen molar-refractivity contribution in [2.75, 3.05) is 13.2 Å².